The molecule has 0 aliphatic carbocycles. The average Bonchev–Trinajstić information content (AvgIpc) is 2.79. The molecule has 1 spiro atoms. The van der Waals surface area contributed by atoms with E-state index in [-0.39, 0.29) is 17.4 Å². The molecule has 1 fully saturated rings. The maximum Gasteiger partial charge on any atom is 0.272 e. The van der Waals surface area contributed by atoms with Gasteiger partial charge in [-0.1, -0.05) is 30.3 Å². The van der Waals surface area contributed by atoms with Crippen LogP contribution in [0.25, 0.3) is 10.8 Å². The van der Waals surface area contributed by atoms with Crippen molar-refractivity contribution in [3.8, 4) is 5.75 Å². The lowest BCUT2D eigenvalue weighted by molar-refractivity contribution is -0.136. The molecule has 158 valence electrons. The van der Waals surface area contributed by atoms with Crippen molar-refractivity contribution in [2.24, 2.45) is 0 Å². The van der Waals surface area contributed by atoms with Gasteiger partial charge < -0.3 is 15.0 Å². The van der Waals surface area contributed by atoms with Gasteiger partial charge in [0.1, 0.15) is 5.75 Å². The van der Waals surface area contributed by atoms with Crippen LogP contribution in [0.3, 0.4) is 0 Å². The Morgan fingerprint density at radius 1 is 1.06 bits per heavy atom. The van der Waals surface area contributed by atoms with Crippen LogP contribution < -0.4 is 15.6 Å². The minimum Gasteiger partial charge on any atom is -0.467 e. The fourth-order valence-electron chi connectivity index (χ4n) is 4.43. The monoisotopic (exact) mass is 418 g/mol. The number of rotatable bonds is 2. The second kappa shape index (κ2) is 7.23. The molecule has 2 aliphatic heterocycles. The molecule has 3 heterocycles. The third-order valence-electron chi connectivity index (χ3n) is 6.17. The van der Waals surface area contributed by atoms with Gasteiger partial charge in [0.2, 0.25) is 5.91 Å². The number of amides is 2. The van der Waals surface area contributed by atoms with Crippen LogP contribution in [0.2, 0.25) is 0 Å². The molecule has 0 bridgehead atoms. The van der Waals surface area contributed by atoms with Crippen LogP contribution in [-0.4, -0.2) is 45.7 Å². The zero-order valence-electron chi connectivity index (χ0n) is 17.1. The zero-order valence-corrected chi connectivity index (χ0v) is 17.1. The number of carbonyl (C=O) groups is 2. The van der Waals surface area contributed by atoms with E-state index in [1.807, 2.05) is 18.2 Å². The quantitative estimate of drug-likeness (QED) is 0.664. The summed E-state index contributed by atoms with van der Waals surface area (Å²) < 4.78 is 6.15. The second-order valence-corrected chi connectivity index (χ2v) is 8.08. The normalized spacial score (nSPS) is 18.2. The molecule has 8 nitrogen and oxygen atoms in total. The van der Waals surface area contributed by atoms with E-state index in [2.05, 4.69) is 15.5 Å². The highest BCUT2D eigenvalue weighted by Crippen LogP contribution is 2.34. The number of hydrogen-bond acceptors (Lipinski definition) is 5. The van der Waals surface area contributed by atoms with E-state index < -0.39 is 11.6 Å². The highest BCUT2D eigenvalue weighted by molar-refractivity contribution is 5.98. The number of ether oxygens (including phenoxy) is 1. The number of aromatic nitrogens is 2. The maximum absolute atomic E-state index is 13.2. The van der Waals surface area contributed by atoms with Crippen molar-refractivity contribution in [3.63, 3.8) is 0 Å². The highest BCUT2D eigenvalue weighted by Gasteiger charge is 2.43. The van der Waals surface area contributed by atoms with E-state index in [4.69, 9.17) is 4.74 Å². The minimum atomic E-state index is -0.797. The van der Waals surface area contributed by atoms with Crippen LogP contribution in [0.5, 0.6) is 5.75 Å². The van der Waals surface area contributed by atoms with Gasteiger partial charge in [-0.15, -0.1) is 0 Å². The van der Waals surface area contributed by atoms with E-state index in [0.29, 0.717) is 53.7 Å². The SMILES string of the molecule is CC(C(=O)N1CCC2(CC1)NC(=O)c1ccccc1O2)c1n[nH]c(=O)c2ccccc12. The molecule has 2 aliphatic rings. The van der Waals surface area contributed by atoms with E-state index >= 15 is 0 Å². The Balaban J connectivity index is 1.34. The second-order valence-electron chi connectivity index (χ2n) is 8.08. The summed E-state index contributed by atoms with van der Waals surface area (Å²) in [6.07, 6.45) is 0.983. The first-order valence-electron chi connectivity index (χ1n) is 10.3. The predicted octanol–water partition coefficient (Wildman–Crippen LogP) is 2.17. The fraction of sp³-hybridized carbons (Fsp3) is 0.304. The van der Waals surface area contributed by atoms with Crippen molar-refractivity contribution in [2.75, 3.05) is 13.1 Å². The summed E-state index contributed by atoms with van der Waals surface area (Å²) >= 11 is 0. The summed E-state index contributed by atoms with van der Waals surface area (Å²) in [6.45, 7) is 2.70. The van der Waals surface area contributed by atoms with Gasteiger partial charge >= 0.3 is 0 Å². The van der Waals surface area contributed by atoms with Gasteiger partial charge in [-0.05, 0) is 25.1 Å². The molecule has 0 saturated carbocycles. The molecule has 2 N–H and O–H groups in total. The first kappa shape index (κ1) is 19.3. The van der Waals surface area contributed by atoms with Gasteiger partial charge in [0, 0.05) is 31.3 Å². The summed E-state index contributed by atoms with van der Waals surface area (Å²) in [4.78, 5) is 39.6. The molecule has 8 heteroatoms. The number of fused-ring (bicyclic) bond motifs is 2. The topological polar surface area (TPSA) is 104 Å². The molecule has 5 rings (SSSR count). The molecular formula is C23H22N4O4. The molecule has 0 radical (unpaired) electrons. The summed E-state index contributed by atoms with van der Waals surface area (Å²) in [6, 6.07) is 14.3. The van der Waals surface area contributed by atoms with Gasteiger partial charge in [0.15, 0.2) is 5.72 Å². The Hall–Kier alpha value is -3.68. The standard InChI is InChI=1S/C23H22N4O4/c1-14(19-15-6-2-3-7-16(15)21(29)26-25-19)22(30)27-12-10-23(11-13-27)24-20(28)17-8-4-5-9-18(17)31-23/h2-9,14H,10-13H2,1H3,(H,24,28)(H,26,29). The number of piperidine rings is 1. The maximum atomic E-state index is 13.2. The summed E-state index contributed by atoms with van der Waals surface area (Å²) in [5, 5.41) is 10.9. The van der Waals surface area contributed by atoms with Gasteiger partial charge in [-0.2, -0.15) is 5.10 Å². The van der Waals surface area contributed by atoms with Gasteiger partial charge in [-0.3, -0.25) is 14.4 Å². The number of benzene rings is 2. The highest BCUT2D eigenvalue weighted by atomic mass is 16.5. The zero-order chi connectivity index (χ0) is 21.6. The van der Waals surface area contributed by atoms with Crippen molar-refractivity contribution in [1.29, 1.82) is 0 Å². The number of nitrogens with zero attached hydrogens (tertiary/aromatic N) is 2. The third-order valence-corrected chi connectivity index (χ3v) is 6.17. The van der Waals surface area contributed by atoms with Gasteiger partial charge in [-0.25, -0.2) is 5.10 Å². The van der Waals surface area contributed by atoms with E-state index in [1.54, 1.807) is 42.2 Å². The Bertz CT molecular complexity index is 1240. The van der Waals surface area contributed by atoms with E-state index in [9.17, 15) is 14.4 Å². The fourth-order valence-corrected chi connectivity index (χ4v) is 4.43. The van der Waals surface area contributed by atoms with Crippen molar-refractivity contribution in [3.05, 3.63) is 70.1 Å². The molecular weight excluding hydrogens is 396 g/mol. The smallest absolute Gasteiger partial charge is 0.272 e. The minimum absolute atomic E-state index is 0.0675. The predicted molar refractivity (Wildman–Crippen MR) is 114 cm³/mol. The Morgan fingerprint density at radius 3 is 2.52 bits per heavy atom. The molecule has 2 amide bonds. The van der Waals surface area contributed by atoms with Crippen molar-refractivity contribution in [1.82, 2.24) is 20.4 Å². The number of H-pyrrole nitrogens is 1. The first-order valence-corrected chi connectivity index (χ1v) is 10.3. The third kappa shape index (κ3) is 3.24. The molecule has 1 atom stereocenters. The van der Waals surface area contributed by atoms with Crippen LogP contribution in [0.15, 0.2) is 53.3 Å². The molecule has 2 aromatic carbocycles. The summed E-state index contributed by atoms with van der Waals surface area (Å²) in [5.74, 6) is -0.164. The lowest BCUT2D eigenvalue weighted by Gasteiger charge is -2.44. The van der Waals surface area contributed by atoms with Crippen molar-refractivity contribution in [2.45, 2.75) is 31.4 Å². The summed E-state index contributed by atoms with van der Waals surface area (Å²) in [5.41, 5.74) is 0.00581. The number of aromatic amines is 1. The molecule has 31 heavy (non-hydrogen) atoms. The summed E-state index contributed by atoms with van der Waals surface area (Å²) in [7, 11) is 0. The lowest BCUT2D eigenvalue weighted by Crippen LogP contribution is -2.61. The van der Waals surface area contributed by atoms with Crippen molar-refractivity contribution < 1.29 is 14.3 Å². The molecule has 1 unspecified atom stereocenters. The van der Waals surface area contributed by atoms with Crippen LogP contribution in [-0.2, 0) is 4.79 Å². The molecule has 1 aromatic heterocycles. The van der Waals surface area contributed by atoms with Crippen molar-refractivity contribution >= 4 is 22.6 Å². The van der Waals surface area contributed by atoms with Crippen LogP contribution in [0, 0.1) is 0 Å². The van der Waals surface area contributed by atoms with E-state index in [0.717, 1.165) is 0 Å². The molecule has 1 saturated heterocycles. The Labute approximate surface area is 178 Å². The average molecular weight is 418 g/mol. The van der Waals surface area contributed by atoms with Crippen LogP contribution in [0.1, 0.15) is 41.7 Å². The van der Waals surface area contributed by atoms with E-state index in [1.165, 1.54) is 0 Å². The van der Waals surface area contributed by atoms with Gasteiger partial charge in [0.05, 0.1) is 22.6 Å². The number of carbonyl (C=O) groups excluding carboxylic acids is 2. The number of likely N-dealkylation sites (tertiary alicyclic amines) is 1. The van der Waals surface area contributed by atoms with Gasteiger partial charge in [0.25, 0.3) is 11.5 Å². The lowest BCUT2D eigenvalue weighted by atomic mass is 9.94. The van der Waals surface area contributed by atoms with Crippen LogP contribution in [0.4, 0.5) is 0 Å². The van der Waals surface area contributed by atoms with Crippen LogP contribution >= 0.6 is 0 Å². The Kier molecular flexibility index (Phi) is 4.50. The number of hydrogen-bond donors (Lipinski definition) is 2. The Morgan fingerprint density at radius 2 is 1.74 bits per heavy atom. The molecule has 3 aromatic rings. The largest absolute Gasteiger partial charge is 0.467 e. The number of nitrogens with one attached hydrogen (secondary N) is 2. The number of para-hydroxylation sites is 1. The first-order chi connectivity index (χ1) is 15.0.